The predicted molar refractivity (Wildman–Crippen MR) is 136 cm³/mol. The fourth-order valence-corrected chi connectivity index (χ4v) is 4.48. The average Bonchev–Trinajstić information content (AvgIpc) is 3.19. The van der Waals surface area contributed by atoms with Gasteiger partial charge in [-0.3, -0.25) is 0 Å². The van der Waals surface area contributed by atoms with E-state index in [1.807, 2.05) is 20.8 Å². The summed E-state index contributed by atoms with van der Waals surface area (Å²) < 4.78 is 14.6. The third-order valence-corrected chi connectivity index (χ3v) is 6.45. The third kappa shape index (κ3) is 5.49. The smallest absolute Gasteiger partial charge is 0.323 e. The van der Waals surface area contributed by atoms with E-state index in [1.165, 1.54) is 23.5 Å². The van der Waals surface area contributed by atoms with Crippen molar-refractivity contribution >= 4 is 46.3 Å². The molecule has 0 aliphatic carbocycles. The summed E-state index contributed by atoms with van der Waals surface area (Å²) in [5.41, 5.74) is 8.01. The molecule has 7 nitrogen and oxygen atoms in total. The molecule has 0 radical (unpaired) electrons. The van der Waals surface area contributed by atoms with Crippen LogP contribution in [0, 0.1) is 5.82 Å². The van der Waals surface area contributed by atoms with E-state index in [0.717, 1.165) is 5.01 Å². The summed E-state index contributed by atoms with van der Waals surface area (Å²) in [7, 11) is 0. The van der Waals surface area contributed by atoms with Crippen LogP contribution in [0.5, 0.6) is 0 Å². The second kappa shape index (κ2) is 9.36. The zero-order valence-corrected chi connectivity index (χ0v) is 20.3. The van der Waals surface area contributed by atoms with E-state index in [9.17, 15) is 9.18 Å². The van der Waals surface area contributed by atoms with Crippen LogP contribution in [0.3, 0.4) is 0 Å². The van der Waals surface area contributed by atoms with Gasteiger partial charge in [-0.05, 0) is 48.0 Å². The molecule has 0 bridgehead atoms. The Morgan fingerprint density at radius 3 is 2.53 bits per heavy atom. The van der Waals surface area contributed by atoms with Gasteiger partial charge in [-0.2, -0.15) is 0 Å². The Hall–Kier alpha value is -3.56. The van der Waals surface area contributed by atoms with Crippen molar-refractivity contribution in [2.24, 2.45) is 0 Å². The molecular formula is C24H22ClFN6OS. The number of aromatic nitrogens is 3. The summed E-state index contributed by atoms with van der Waals surface area (Å²) in [5.74, 6) is -0.387. The molecule has 2 aromatic heterocycles. The number of halogens is 2. The van der Waals surface area contributed by atoms with Crippen LogP contribution in [0.2, 0.25) is 5.02 Å². The lowest BCUT2D eigenvalue weighted by Gasteiger charge is -2.13. The Balaban J connectivity index is 1.71. The van der Waals surface area contributed by atoms with E-state index in [-0.39, 0.29) is 17.1 Å². The van der Waals surface area contributed by atoms with Gasteiger partial charge in [0, 0.05) is 28.0 Å². The van der Waals surface area contributed by atoms with Gasteiger partial charge >= 0.3 is 6.03 Å². The van der Waals surface area contributed by atoms with Gasteiger partial charge in [-0.1, -0.05) is 38.4 Å². The predicted octanol–water partition coefficient (Wildman–Crippen LogP) is 6.58. The largest absolute Gasteiger partial charge is 0.368 e. The lowest BCUT2D eigenvalue weighted by atomic mass is 9.98. The monoisotopic (exact) mass is 496 g/mol. The number of thiazole rings is 1. The number of amides is 2. The summed E-state index contributed by atoms with van der Waals surface area (Å²) in [6.45, 7) is 6.14. The highest BCUT2D eigenvalue weighted by Gasteiger charge is 2.24. The minimum absolute atomic E-state index is 0.119. The zero-order chi connectivity index (χ0) is 24.5. The van der Waals surface area contributed by atoms with Crippen molar-refractivity contribution < 1.29 is 9.18 Å². The number of carbonyl (C=O) groups is 1. The van der Waals surface area contributed by atoms with Gasteiger partial charge in [0.15, 0.2) is 0 Å². The third-order valence-electron chi connectivity index (χ3n) is 4.69. The van der Waals surface area contributed by atoms with Crippen molar-refractivity contribution in [3.05, 3.63) is 70.6 Å². The van der Waals surface area contributed by atoms with E-state index >= 15 is 0 Å². The van der Waals surface area contributed by atoms with E-state index < -0.39 is 11.8 Å². The number of anilines is 3. The highest BCUT2D eigenvalue weighted by Crippen LogP contribution is 2.41. The second-order valence-electron chi connectivity index (χ2n) is 8.56. The molecule has 0 aliphatic heterocycles. The number of nitrogen functional groups attached to an aromatic ring is 1. The van der Waals surface area contributed by atoms with Crippen LogP contribution in [0.15, 0.2) is 54.7 Å². The van der Waals surface area contributed by atoms with Crippen LogP contribution >= 0.6 is 22.9 Å². The van der Waals surface area contributed by atoms with Crippen LogP contribution in [0.1, 0.15) is 25.8 Å². The number of hydrogen-bond acceptors (Lipinski definition) is 6. The highest BCUT2D eigenvalue weighted by molar-refractivity contribution is 7.15. The van der Waals surface area contributed by atoms with Crippen molar-refractivity contribution in [3.63, 3.8) is 0 Å². The average molecular weight is 497 g/mol. The molecule has 2 heterocycles. The summed E-state index contributed by atoms with van der Waals surface area (Å²) in [6.07, 6.45) is 1.55. The molecule has 4 N–H and O–H groups in total. The molecule has 0 saturated carbocycles. The first-order chi connectivity index (χ1) is 16.1. The first-order valence-electron chi connectivity index (χ1n) is 10.3. The highest BCUT2D eigenvalue weighted by atomic mass is 35.5. The van der Waals surface area contributed by atoms with Gasteiger partial charge in [-0.25, -0.2) is 24.1 Å². The molecule has 34 heavy (non-hydrogen) atoms. The van der Waals surface area contributed by atoms with Crippen molar-refractivity contribution in [1.82, 2.24) is 15.0 Å². The molecule has 0 aliphatic rings. The van der Waals surface area contributed by atoms with Gasteiger partial charge in [0.05, 0.1) is 15.6 Å². The number of hydrogen-bond donors (Lipinski definition) is 3. The minimum atomic E-state index is -0.526. The summed E-state index contributed by atoms with van der Waals surface area (Å²) in [4.78, 5) is 26.2. The maximum absolute atomic E-state index is 14.6. The van der Waals surface area contributed by atoms with Gasteiger partial charge < -0.3 is 16.4 Å². The van der Waals surface area contributed by atoms with E-state index in [2.05, 4.69) is 20.6 Å². The van der Waals surface area contributed by atoms with Crippen LogP contribution in [0.4, 0.5) is 26.5 Å². The lowest BCUT2D eigenvalue weighted by molar-refractivity contribution is 0.262. The normalized spacial score (nSPS) is 11.3. The fraction of sp³-hybridized carbons (Fsp3) is 0.167. The zero-order valence-electron chi connectivity index (χ0n) is 18.7. The van der Waals surface area contributed by atoms with Crippen LogP contribution < -0.4 is 16.4 Å². The van der Waals surface area contributed by atoms with Gasteiger partial charge in [0.25, 0.3) is 0 Å². The Morgan fingerprint density at radius 1 is 1.06 bits per heavy atom. The Labute approximate surface area is 205 Å². The summed E-state index contributed by atoms with van der Waals surface area (Å²) >= 11 is 7.40. The van der Waals surface area contributed by atoms with Crippen LogP contribution in [-0.2, 0) is 5.41 Å². The van der Waals surface area contributed by atoms with Crippen molar-refractivity contribution in [2.75, 3.05) is 16.4 Å². The van der Waals surface area contributed by atoms with E-state index in [4.69, 9.17) is 22.3 Å². The Morgan fingerprint density at radius 2 is 1.82 bits per heavy atom. The molecule has 2 aromatic carbocycles. The SMILES string of the molecule is CC(C)(C)c1nc(-c2ccnc(N)n2)c(-c2cc(F)cc(NC(=O)Nc3cccc(Cl)c3)c2)s1. The molecule has 10 heteroatoms. The molecule has 4 rings (SSSR count). The molecule has 0 unspecified atom stereocenters. The number of nitrogens with two attached hydrogens (primary N) is 1. The standard InChI is InChI=1S/C24H22ClFN6OS/c1-24(2,3)21-32-19(18-7-8-28-22(27)31-18)20(34-21)13-9-15(26)12-17(10-13)30-23(33)29-16-6-4-5-14(25)11-16/h4-12H,1-3H3,(H2,27,28,31)(H2,29,30,33). The molecular weight excluding hydrogens is 475 g/mol. The van der Waals surface area contributed by atoms with Gasteiger partial charge in [-0.15, -0.1) is 11.3 Å². The topological polar surface area (TPSA) is 106 Å². The number of urea groups is 1. The molecule has 0 saturated heterocycles. The maximum atomic E-state index is 14.6. The summed E-state index contributed by atoms with van der Waals surface area (Å²) in [6, 6.07) is 12.2. The maximum Gasteiger partial charge on any atom is 0.323 e. The van der Waals surface area contributed by atoms with Crippen molar-refractivity contribution in [1.29, 1.82) is 0 Å². The molecule has 0 spiro atoms. The molecule has 2 amide bonds. The summed E-state index contributed by atoms with van der Waals surface area (Å²) in [5, 5.41) is 6.69. The lowest BCUT2D eigenvalue weighted by Crippen LogP contribution is -2.19. The van der Waals surface area contributed by atoms with Crippen molar-refractivity contribution in [3.8, 4) is 21.8 Å². The fourth-order valence-electron chi connectivity index (χ4n) is 3.17. The quantitative estimate of drug-likeness (QED) is 0.296. The van der Waals surface area contributed by atoms with Crippen molar-refractivity contribution in [2.45, 2.75) is 26.2 Å². The number of rotatable bonds is 4. The number of nitrogens with one attached hydrogen (secondary N) is 2. The van der Waals surface area contributed by atoms with E-state index in [0.29, 0.717) is 32.5 Å². The first-order valence-corrected chi connectivity index (χ1v) is 11.5. The Bertz CT molecular complexity index is 1370. The second-order valence-corrected chi connectivity index (χ2v) is 10.0. The minimum Gasteiger partial charge on any atom is -0.368 e. The van der Waals surface area contributed by atoms with Gasteiger partial charge in [0.2, 0.25) is 5.95 Å². The van der Waals surface area contributed by atoms with Crippen LogP contribution in [-0.4, -0.2) is 21.0 Å². The first kappa shape index (κ1) is 23.6. The van der Waals surface area contributed by atoms with E-state index in [1.54, 1.807) is 42.6 Å². The molecule has 0 atom stereocenters. The van der Waals surface area contributed by atoms with Gasteiger partial charge in [0.1, 0.15) is 11.5 Å². The number of nitrogens with zero attached hydrogens (tertiary/aromatic N) is 3. The molecule has 4 aromatic rings. The molecule has 174 valence electrons. The van der Waals surface area contributed by atoms with Crippen LogP contribution in [0.25, 0.3) is 21.8 Å². The molecule has 0 fully saturated rings. The Kier molecular flexibility index (Phi) is 6.49. The number of benzene rings is 2. The number of carbonyl (C=O) groups excluding carboxylic acids is 1.